The Bertz CT molecular complexity index is 773. The summed E-state index contributed by atoms with van der Waals surface area (Å²) in [4.78, 5) is 27.7. The van der Waals surface area contributed by atoms with Gasteiger partial charge in [0.15, 0.2) is 0 Å². The number of nitrogens with zero attached hydrogens (tertiary/aromatic N) is 2. The predicted octanol–water partition coefficient (Wildman–Crippen LogP) is 1.32. The van der Waals surface area contributed by atoms with Crippen molar-refractivity contribution in [3.8, 4) is 5.75 Å². The quantitative estimate of drug-likeness (QED) is 0.676. The molecule has 0 bridgehead atoms. The normalized spacial score (nSPS) is 11.4. The summed E-state index contributed by atoms with van der Waals surface area (Å²) in [5, 5.41) is 0. The van der Waals surface area contributed by atoms with Crippen molar-refractivity contribution in [3.63, 3.8) is 0 Å². The Labute approximate surface area is 161 Å². The van der Waals surface area contributed by atoms with Crippen LogP contribution in [-0.4, -0.2) is 69.9 Å². The van der Waals surface area contributed by atoms with Gasteiger partial charge in [0.1, 0.15) is 10.6 Å². The van der Waals surface area contributed by atoms with Gasteiger partial charge in [0, 0.05) is 31.7 Å². The van der Waals surface area contributed by atoms with Gasteiger partial charge < -0.3 is 14.5 Å². The van der Waals surface area contributed by atoms with E-state index < -0.39 is 15.9 Å². The zero-order chi connectivity index (χ0) is 20.8. The first-order valence-corrected chi connectivity index (χ1v) is 10.3. The summed E-state index contributed by atoms with van der Waals surface area (Å²) in [6, 6.07) is 3.87. The lowest BCUT2D eigenvalue weighted by atomic mass is 10.2. The number of nitrogens with one attached hydrogen (secondary N) is 1. The van der Waals surface area contributed by atoms with Crippen LogP contribution in [0.4, 0.5) is 0 Å². The molecule has 0 aliphatic heterocycles. The maximum Gasteiger partial charge on any atom is 0.254 e. The van der Waals surface area contributed by atoms with Gasteiger partial charge in [0.05, 0.1) is 13.7 Å². The molecule has 1 N–H and O–H groups in total. The van der Waals surface area contributed by atoms with Gasteiger partial charge in [-0.2, -0.15) is 0 Å². The van der Waals surface area contributed by atoms with E-state index in [1.165, 1.54) is 37.3 Å². The van der Waals surface area contributed by atoms with E-state index in [1.54, 1.807) is 18.7 Å². The Hall–Kier alpha value is -2.13. The van der Waals surface area contributed by atoms with Crippen LogP contribution in [0.25, 0.3) is 0 Å². The molecule has 152 valence electrons. The average Bonchev–Trinajstić information content (AvgIpc) is 2.60. The van der Waals surface area contributed by atoms with Crippen molar-refractivity contribution in [3.05, 3.63) is 23.8 Å². The van der Waals surface area contributed by atoms with Gasteiger partial charge in [-0.25, -0.2) is 13.1 Å². The summed E-state index contributed by atoms with van der Waals surface area (Å²) < 4.78 is 32.7. The Morgan fingerprint density at radius 1 is 1.19 bits per heavy atom. The van der Waals surface area contributed by atoms with Crippen LogP contribution in [0.5, 0.6) is 5.75 Å². The number of likely N-dealkylation sites (N-methyl/N-ethyl adjacent to an activating group) is 2. The molecule has 0 saturated carbocycles. The first-order chi connectivity index (χ1) is 12.6. The van der Waals surface area contributed by atoms with Crippen LogP contribution < -0.4 is 9.46 Å². The number of methoxy groups -OCH3 is 1. The molecule has 0 spiro atoms. The van der Waals surface area contributed by atoms with Crippen LogP contribution in [-0.2, 0) is 14.8 Å². The minimum absolute atomic E-state index is 0.0845. The molecule has 0 aliphatic rings. The van der Waals surface area contributed by atoms with Crippen molar-refractivity contribution in [2.75, 3.05) is 33.8 Å². The van der Waals surface area contributed by atoms with Crippen molar-refractivity contribution in [2.45, 2.75) is 38.6 Å². The molecule has 0 atom stereocenters. The second-order valence-electron chi connectivity index (χ2n) is 6.37. The number of hydrogen-bond donors (Lipinski definition) is 1. The van der Waals surface area contributed by atoms with Gasteiger partial charge in [-0.3, -0.25) is 9.59 Å². The predicted molar refractivity (Wildman–Crippen MR) is 103 cm³/mol. The lowest BCUT2D eigenvalue weighted by Gasteiger charge is -2.23. The molecular weight excluding hydrogens is 370 g/mol. The van der Waals surface area contributed by atoms with Gasteiger partial charge in [0.25, 0.3) is 5.91 Å². The molecule has 0 aromatic heterocycles. The fourth-order valence-corrected chi connectivity index (χ4v) is 4.01. The van der Waals surface area contributed by atoms with E-state index in [2.05, 4.69) is 4.72 Å². The summed E-state index contributed by atoms with van der Waals surface area (Å²) in [5.41, 5.74) is 0.162. The average molecular weight is 400 g/mol. The largest absolute Gasteiger partial charge is 0.495 e. The van der Waals surface area contributed by atoms with E-state index in [4.69, 9.17) is 4.74 Å². The molecule has 0 heterocycles. The smallest absolute Gasteiger partial charge is 0.254 e. The number of benzene rings is 1. The van der Waals surface area contributed by atoms with E-state index >= 15 is 0 Å². The lowest BCUT2D eigenvalue weighted by molar-refractivity contribution is -0.131. The van der Waals surface area contributed by atoms with Crippen LogP contribution >= 0.6 is 0 Å². The maximum absolute atomic E-state index is 12.7. The SMILES string of the molecule is CCN(CC)C(=O)CN(C)C(=O)c1ccc(OC)c(S(=O)(=O)NC(C)C)c1. The number of amides is 2. The standard InChI is InChI=1S/C18H29N3O5S/c1-7-21(8-2)17(22)12-20(5)18(23)14-9-10-15(26-6)16(11-14)27(24,25)19-13(3)4/h9-11,13,19H,7-8,12H2,1-6H3. The molecule has 1 aromatic carbocycles. The van der Waals surface area contributed by atoms with Gasteiger partial charge in [0.2, 0.25) is 15.9 Å². The molecule has 2 amide bonds. The molecule has 1 aromatic rings. The van der Waals surface area contributed by atoms with Crippen molar-refractivity contribution >= 4 is 21.8 Å². The first-order valence-electron chi connectivity index (χ1n) is 8.80. The summed E-state index contributed by atoms with van der Waals surface area (Å²) in [6.07, 6.45) is 0. The molecule has 9 heteroatoms. The molecule has 0 aliphatic carbocycles. The van der Waals surface area contributed by atoms with E-state index in [9.17, 15) is 18.0 Å². The van der Waals surface area contributed by atoms with Crippen molar-refractivity contribution in [1.29, 1.82) is 0 Å². The molecule has 0 fully saturated rings. The van der Waals surface area contributed by atoms with Gasteiger partial charge in [-0.05, 0) is 45.9 Å². The van der Waals surface area contributed by atoms with Crippen LogP contribution in [0.15, 0.2) is 23.1 Å². The van der Waals surface area contributed by atoms with Crippen molar-refractivity contribution in [2.24, 2.45) is 0 Å². The summed E-state index contributed by atoms with van der Waals surface area (Å²) in [6.45, 7) is 8.17. The number of hydrogen-bond acceptors (Lipinski definition) is 5. The van der Waals surface area contributed by atoms with Gasteiger partial charge >= 0.3 is 0 Å². The lowest BCUT2D eigenvalue weighted by Crippen LogP contribution is -2.41. The van der Waals surface area contributed by atoms with Gasteiger partial charge in [-0.15, -0.1) is 0 Å². The molecular formula is C18H29N3O5S. The number of rotatable bonds is 9. The maximum atomic E-state index is 12.7. The van der Waals surface area contributed by atoms with Gasteiger partial charge in [-0.1, -0.05) is 0 Å². The van der Waals surface area contributed by atoms with Crippen LogP contribution in [0.3, 0.4) is 0 Å². The fourth-order valence-electron chi connectivity index (χ4n) is 2.56. The van der Waals surface area contributed by atoms with E-state index in [-0.39, 0.29) is 34.7 Å². The fraction of sp³-hybridized carbons (Fsp3) is 0.556. The molecule has 0 unspecified atom stereocenters. The Balaban J connectivity index is 3.15. The Morgan fingerprint density at radius 2 is 1.78 bits per heavy atom. The third kappa shape index (κ3) is 5.93. The third-order valence-electron chi connectivity index (χ3n) is 3.93. The van der Waals surface area contributed by atoms with Crippen molar-refractivity contribution < 1.29 is 22.7 Å². The van der Waals surface area contributed by atoms with Crippen molar-refractivity contribution in [1.82, 2.24) is 14.5 Å². The highest BCUT2D eigenvalue weighted by Crippen LogP contribution is 2.25. The minimum atomic E-state index is -3.85. The van der Waals surface area contributed by atoms with Crippen LogP contribution in [0.1, 0.15) is 38.1 Å². The topological polar surface area (TPSA) is 96.0 Å². The second-order valence-corrected chi connectivity index (χ2v) is 8.05. The highest BCUT2D eigenvalue weighted by Gasteiger charge is 2.24. The second kappa shape index (κ2) is 9.70. The van der Waals surface area contributed by atoms with Crippen LogP contribution in [0.2, 0.25) is 0 Å². The zero-order valence-electron chi connectivity index (χ0n) is 16.8. The van der Waals surface area contributed by atoms with E-state index in [1.807, 2.05) is 13.8 Å². The Kier molecular flexibility index (Phi) is 8.23. The van der Waals surface area contributed by atoms with E-state index in [0.29, 0.717) is 13.1 Å². The highest BCUT2D eigenvalue weighted by molar-refractivity contribution is 7.89. The minimum Gasteiger partial charge on any atom is -0.495 e. The molecule has 1 rings (SSSR count). The zero-order valence-corrected chi connectivity index (χ0v) is 17.6. The molecule has 8 nitrogen and oxygen atoms in total. The molecule has 0 radical (unpaired) electrons. The highest BCUT2D eigenvalue weighted by atomic mass is 32.2. The number of carbonyl (C=O) groups is 2. The number of sulfonamides is 1. The monoisotopic (exact) mass is 399 g/mol. The number of ether oxygens (including phenoxy) is 1. The third-order valence-corrected chi connectivity index (χ3v) is 5.61. The van der Waals surface area contributed by atoms with Crippen LogP contribution in [0, 0.1) is 0 Å². The summed E-state index contributed by atoms with van der Waals surface area (Å²) in [7, 11) is -0.980. The molecule has 0 saturated heterocycles. The summed E-state index contributed by atoms with van der Waals surface area (Å²) >= 11 is 0. The van der Waals surface area contributed by atoms with E-state index in [0.717, 1.165) is 0 Å². The Morgan fingerprint density at radius 3 is 2.26 bits per heavy atom. The summed E-state index contributed by atoms with van der Waals surface area (Å²) in [5.74, 6) is -0.473. The first kappa shape index (κ1) is 22.9. The molecule has 27 heavy (non-hydrogen) atoms. The number of carbonyl (C=O) groups excluding carboxylic acids is 2.